The molecule has 2 nitrogen and oxygen atoms in total. The average Bonchev–Trinajstić information content (AvgIpc) is 2.76. The minimum Gasteiger partial charge on any atom is -0.341 e. The largest absolute Gasteiger partial charge is 0.416 e. The average molecular weight is 281 g/mol. The second-order valence-electron chi connectivity index (χ2n) is 4.85. The Morgan fingerprint density at radius 3 is 2.45 bits per heavy atom. The summed E-state index contributed by atoms with van der Waals surface area (Å²) in [6.07, 6.45) is 1.87. The van der Waals surface area contributed by atoms with Gasteiger partial charge in [0.1, 0.15) is 0 Å². The Morgan fingerprint density at radius 2 is 1.95 bits per heavy atom. The maximum absolute atomic E-state index is 12.4. The van der Waals surface area contributed by atoms with E-state index in [2.05, 4.69) is 5.92 Å². The SMILES string of the molecule is C#CC1CC(=O)N(CCc2ccc(C(F)(F)F)cc2)C1. The van der Waals surface area contributed by atoms with Crippen molar-refractivity contribution in [2.24, 2.45) is 5.92 Å². The minimum atomic E-state index is -4.32. The molecule has 1 aromatic rings. The predicted molar refractivity (Wildman–Crippen MR) is 68.7 cm³/mol. The van der Waals surface area contributed by atoms with Gasteiger partial charge in [0.2, 0.25) is 5.91 Å². The molecule has 5 heteroatoms. The Kier molecular flexibility index (Phi) is 4.03. The smallest absolute Gasteiger partial charge is 0.341 e. The molecule has 1 aliphatic heterocycles. The molecule has 0 saturated carbocycles. The number of benzene rings is 1. The van der Waals surface area contributed by atoms with E-state index in [0.717, 1.165) is 17.7 Å². The molecule has 1 unspecified atom stereocenters. The number of halogens is 3. The Hall–Kier alpha value is -1.96. The zero-order valence-corrected chi connectivity index (χ0v) is 10.8. The third-order valence-corrected chi connectivity index (χ3v) is 3.40. The first-order valence-corrected chi connectivity index (χ1v) is 6.30. The van der Waals surface area contributed by atoms with Crippen molar-refractivity contribution >= 4 is 5.91 Å². The number of nitrogens with zero attached hydrogens (tertiary/aromatic N) is 1. The van der Waals surface area contributed by atoms with Crippen LogP contribution in [-0.4, -0.2) is 23.9 Å². The maximum Gasteiger partial charge on any atom is 0.416 e. The monoisotopic (exact) mass is 281 g/mol. The summed E-state index contributed by atoms with van der Waals surface area (Å²) in [4.78, 5) is 13.3. The van der Waals surface area contributed by atoms with E-state index in [1.807, 2.05) is 0 Å². The third-order valence-electron chi connectivity index (χ3n) is 3.40. The fourth-order valence-corrected chi connectivity index (χ4v) is 2.22. The third kappa shape index (κ3) is 3.32. The van der Waals surface area contributed by atoms with E-state index in [0.29, 0.717) is 25.9 Å². The van der Waals surface area contributed by atoms with Crippen LogP contribution < -0.4 is 0 Å². The number of hydrogen-bond acceptors (Lipinski definition) is 1. The molecule has 1 fully saturated rings. The van der Waals surface area contributed by atoms with E-state index in [-0.39, 0.29) is 11.8 Å². The van der Waals surface area contributed by atoms with Gasteiger partial charge < -0.3 is 4.90 Å². The minimum absolute atomic E-state index is 0.0138. The predicted octanol–water partition coefficient (Wildman–Crippen LogP) is 2.73. The summed E-state index contributed by atoms with van der Waals surface area (Å²) in [5.41, 5.74) is 0.112. The van der Waals surface area contributed by atoms with Gasteiger partial charge in [-0.2, -0.15) is 13.2 Å². The van der Waals surface area contributed by atoms with Gasteiger partial charge in [0.15, 0.2) is 0 Å². The topological polar surface area (TPSA) is 20.3 Å². The summed E-state index contributed by atoms with van der Waals surface area (Å²) in [5, 5.41) is 0. The van der Waals surface area contributed by atoms with Gasteiger partial charge in [-0.25, -0.2) is 0 Å². The van der Waals surface area contributed by atoms with Crippen LogP contribution in [0.1, 0.15) is 17.5 Å². The molecular formula is C15H14F3NO. The Bertz CT molecular complexity index is 528. The van der Waals surface area contributed by atoms with Gasteiger partial charge in [-0.3, -0.25) is 4.79 Å². The van der Waals surface area contributed by atoms with Crippen LogP contribution in [0.3, 0.4) is 0 Å². The maximum atomic E-state index is 12.4. The summed E-state index contributed by atoms with van der Waals surface area (Å²) in [6.45, 7) is 1.03. The van der Waals surface area contributed by atoms with Gasteiger partial charge >= 0.3 is 6.18 Å². The second-order valence-corrected chi connectivity index (χ2v) is 4.85. The second kappa shape index (κ2) is 5.58. The molecule has 106 valence electrons. The van der Waals surface area contributed by atoms with Crippen molar-refractivity contribution in [2.45, 2.75) is 19.0 Å². The molecule has 1 aromatic carbocycles. The molecule has 0 N–H and O–H groups in total. The Morgan fingerprint density at radius 1 is 1.30 bits per heavy atom. The van der Waals surface area contributed by atoms with Gasteiger partial charge in [0, 0.05) is 25.4 Å². The fraction of sp³-hybridized carbons (Fsp3) is 0.400. The van der Waals surface area contributed by atoms with E-state index < -0.39 is 11.7 Å². The number of likely N-dealkylation sites (tertiary alicyclic amines) is 1. The van der Waals surface area contributed by atoms with Crippen LogP contribution in [0.5, 0.6) is 0 Å². The zero-order chi connectivity index (χ0) is 14.8. The standard InChI is InChI=1S/C15H14F3NO/c1-2-11-9-14(20)19(10-11)8-7-12-3-5-13(6-4-12)15(16,17)18/h1,3-6,11H,7-10H2. The van der Waals surface area contributed by atoms with E-state index in [1.54, 1.807) is 4.90 Å². The zero-order valence-electron chi connectivity index (χ0n) is 10.8. The molecule has 1 aliphatic rings. The molecule has 0 spiro atoms. The van der Waals surface area contributed by atoms with Gasteiger partial charge in [0.05, 0.1) is 5.56 Å². The van der Waals surface area contributed by atoms with E-state index in [1.165, 1.54) is 12.1 Å². The molecule has 0 bridgehead atoms. The highest BCUT2D eigenvalue weighted by molar-refractivity contribution is 5.79. The van der Waals surface area contributed by atoms with Crippen LogP contribution in [0.2, 0.25) is 0 Å². The van der Waals surface area contributed by atoms with Crippen molar-refractivity contribution in [1.29, 1.82) is 0 Å². The molecule has 1 saturated heterocycles. The lowest BCUT2D eigenvalue weighted by Gasteiger charge is -2.16. The summed E-state index contributed by atoms with van der Waals surface area (Å²) < 4.78 is 37.2. The van der Waals surface area contributed by atoms with Crippen molar-refractivity contribution < 1.29 is 18.0 Å². The van der Waals surface area contributed by atoms with E-state index in [9.17, 15) is 18.0 Å². The van der Waals surface area contributed by atoms with Crippen LogP contribution in [0.15, 0.2) is 24.3 Å². The quantitative estimate of drug-likeness (QED) is 0.780. The molecule has 0 radical (unpaired) electrons. The van der Waals surface area contributed by atoms with Crippen LogP contribution in [-0.2, 0) is 17.4 Å². The number of alkyl halides is 3. The number of amides is 1. The first-order chi connectivity index (χ1) is 9.40. The van der Waals surface area contributed by atoms with Crippen LogP contribution >= 0.6 is 0 Å². The summed E-state index contributed by atoms with van der Waals surface area (Å²) in [7, 11) is 0. The van der Waals surface area contributed by atoms with Gasteiger partial charge in [-0.1, -0.05) is 12.1 Å². The van der Waals surface area contributed by atoms with E-state index >= 15 is 0 Å². The van der Waals surface area contributed by atoms with Crippen molar-refractivity contribution in [2.75, 3.05) is 13.1 Å². The van der Waals surface area contributed by atoms with Gasteiger partial charge in [0.25, 0.3) is 0 Å². The van der Waals surface area contributed by atoms with Crippen molar-refractivity contribution in [3.63, 3.8) is 0 Å². The molecule has 1 heterocycles. The molecule has 2 rings (SSSR count). The lowest BCUT2D eigenvalue weighted by atomic mass is 10.1. The molecule has 1 amide bonds. The summed E-state index contributed by atoms with van der Waals surface area (Å²) >= 11 is 0. The van der Waals surface area contributed by atoms with Crippen LogP contribution in [0.4, 0.5) is 13.2 Å². The fourth-order valence-electron chi connectivity index (χ4n) is 2.22. The molecule has 0 aromatic heterocycles. The number of hydrogen-bond donors (Lipinski definition) is 0. The normalized spacial score (nSPS) is 19.2. The molecular weight excluding hydrogens is 267 g/mol. The number of terminal acetylenes is 1. The number of rotatable bonds is 3. The Balaban J connectivity index is 1.92. The number of carbonyl (C=O) groups excluding carboxylic acids is 1. The van der Waals surface area contributed by atoms with Crippen molar-refractivity contribution in [3.8, 4) is 12.3 Å². The highest BCUT2D eigenvalue weighted by Crippen LogP contribution is 2.29. The van der Waals surface area contributed by atoms with Crippen molar-refractivity contribution in [3.05, 3.63) is 35.4 Å². The first-order valence-electron chi connectivity index (χ1n) is 6.30. The molecule has 0 aliphatic carbocycles. The summed E-state index contributed by atoms with van der Waals surface area (Å²) in [6, 6.07) is 5.01. The van der Waals surface area contributed by atoms with Gasteiger partial charge in [-0.05, 0) is 24.1 Å². The first kappa shape index (κ1) is 14.4. The van der Waals surface area contributed by atoms with E-state index in [4.69, 9.17) is 6.42 Å². The highest BCUT2D eigenvalue weighted by Gasteiger charge is 2.30. The van der Waals surface area contributed by atoms with Crippen LogP contribution in [0, 0.1) is 18.3 Å². The van der Waals surface area contributed by atoms with Crippen LogP contribution in [0.25, 0.3) is 0 Å². The number of carbonyl (C=O) groups is 1. The Labute approximate surface area is 115 Å². The summed E-state index contributed by atoms with van der Waals surface area (Å²) in [5.74, 6) is 2.53. The lowest BCUT2D eigenvalue weighted by Crippen LogP contribution is -2.27. The van der Waals surface area contributed by atoms with Gasteiger partial charge in [-0.15, -0.1) is 12.3 Å². The lowest BCUT2D eigenvalue weighted by molar-refractivity contribution is -0.137. The molecule has 20 heavy (non-hydrogen) atoms. The van der Waals surface area contributed by atoms with Crippen molar-refractivity contribution in [1.82, 2.24) is 4.90 Å². The molecule has 1 atom stereocenters. The highest BCUT2D eigenvalue weighted by atomic mass is 19.4.